The van der Waals surface area contributed by atoms with Crippen LogP contribution in [0.1, 0.15) is 29.2 Å². The van der Waals surface area contributed by atoms with Gasteiger partial charge in [0.05, 0.1) is 3.57 Å². The van der Waals surface area contributed by atoms with Crippen LogP contribution in [-0.2, 0) is 24.3 Å². The Bertz CT molecular complexity index is 789. The van der Waals surface area contributed by atoms with Crippen molar-refractivity contribution >= 4 is 34.2 Å². The Labute approximate surface area is 156 Å². The van der Waals surface area contributed by atoms with E-state index in [0.29, 0.717) is 5.75 Å². The number of halogens is 1. The molecule has 2 N–H and O–H groups in total. The molecule has 0 saturated carbocycles. The van der Waals surface area contributed by atoms with Crippen LogP contribution in [0, 0.1) is 10.5 Å². The van der Waals surface area contributed by atoms with Gasteiger partial charge in [0.2, 0.25) is 5.91 Å². The number of aromatic hydroxyl groups is 1. The van der Waals surface area contributed by atoms with E-state index in [1.54, 1.807) is 6.92 Å². The summed E-state index contributed by atoms with van der Waals surface area (Å²) in [5.74, 6) is 0.320. The molecule has 0 aliphatic carbocycles. The first-order valence-electron chi connectivity index (χ1n) is 8.02. The summed E-state index contributed by atoms with van der Waals surface area (Å²) in [5, 5.41) is 12.7. The Kier molecular flexibility index (Phi) is 5.10. The SMILES string of the molecule is CC(=O)Nc1cccc2c1CCN(Cc1cc(I)c(O)cc1C)C2. The van der Waals surface area contributed by atoms with E-state index >= 15 is 0 Å². The number of hydrogen-bond acceptors (Lipinski definition) is 3. The number of amides is 1. The van der Waals surface area contributed by atoms with E-state index < -0.39 is 0 Å². The molecule has 0 fully saturated rings. The summed E-state index contributed by atoms with van der Waals surface area (Å²) >= 11 is 2.17. The molecule has 3 rings (SSSR count). The number of phenolic OH excluding ortho intramolecular Hbond substituents is 1. The number of anilines is 1. The lowest BCUT2D eigenvalue weighted by atomic mass is 9.97. The molecule has 1 amide bonds. The zero-order valence-electron chi connectivity index (χ0n) is 13.9. The Morgan fingerprint density at radius 3 is 2.92 bits per heavy atom. The Balaban J connectivity index is 1.79. The first-order chi connectivity index (χ1) is 11.4. The molecule has 24 heavy (non-hydrogen) atoms. The highest BCUT2D eigenvalue weighted by Gasteiger charge is 2.20. The van der Waals surface area contributed by atoms with Crippen LogP contribution in [0.15, 0.2) is 30.3 Å². The van der Waals surface area contributed by atoms with E-state index in [-0.39, 0.29) is 5.91 Å². The number of rotatable bonds is 3. The zero-order valence-corrected chi connectivity index (χ0v) is 16.1. The first kappa shape index (κ1) is 17.2. The van der Waals surface area contributed by atoms with E-state index in [1.807, 2.05) is 25.1 Å². The van der Waals surface area contributed by atoms with Crippen LogP contribution in [0.3, 0.4) is 0 Å². The van der Waals surface area contributed by atoms with Gasteiger partial charge in [0.1, 0.15) is 5.75 Å². The highest BCUT2D eigenvalue weighted by molar-refractivity contribution is 14.1. The van der Waals surface area contributed by atoms with E-state index in [2.05, 4.69) is 44.9 Å². The standard InChI is InChI=1S/C19H21IN2O2/c1-12-8-19(24)17(20)9-15(12)11-22-7-6-16-14(10-22)4-3-5-18(16)21-13(2)23/h3-5,8-9,24H,6-7,10-11H2,1-2H3,(H,21,23). The molecule has 126 valence electrons. The smallest absolute Gasteiger partial charge is 0.221 e. The summed E-state index contributed by atoms with van der Waals surface area (Å²) in [6.07, 6.45) is 0.931. The molecule has 1 heterocycles. The predicted octanol–water partition coefficient (Wildman–Crippen LogP) is 3.82. The summed E-state index contributed by atoms with van der Waals surface area (Å²) in [5.41, 5.74) is 5.83. The van der Waals surface area contributed by atoms with Crippen molar-refractivity contribution in [2.75, 3.05) is 11.9 Å². The lowest BCUT2D eigenvalue weighted by Crippen LogP contribution is -2.31. The van der Waals surface area contributed by atoms with Gasteiger partial charge in [-0.2, -0.15) is 0 Å². The number of fused-ring (bicyclic) bond motifs is 1. The maximum absolute atomic E-state index is 11.4. The molecule has 2 aromatic rings. The minimum Gasteiger partial charge on any atom is -0.507 e. The fraction of sp³-hybridized carbons (Fsp3) is 0.316. The highest BCUT2D eigenvalue weighted by Crippen LogP contribution is 2.29. The molecule has 0 unspecified atom stereocenters. The van der Waals surface area contributed by atoms with Crippen LogP contribution in [0.5, 0.6) is 5.75 Å². The number of nitrogens with one attached hydrogen (secondary N) is 1. The fourth-order valence-electron chi connectivity index (χ4n) is 3.23. The average molecular weight is 436 g/mol. The van der Waals surface area contributed by atoms with Crippen molar-refractivity contribution in [1.82, 2.24) is 4.90 Å². The van der Waals surface area contributed by atoms with E-state index in [1.165, 1.54) is 16.7 Å². The maximum atomic E-state index is 11.4. The van der Waals surface area contributed by atoms with Crippen molar-refractivity contribution in [3.05, 3.63) is 56.2 Å². The number of aryl methyl sites for hydroxylation is 1. The zero-order chi connectivity index (χ0) is 17.3. The van der Waals surface area contributed by atoms with Gasteiger partial charge >= 0.3 is 0 Å². The van der Waals surface area contributed by atoms with Crippen molar-refractivity contribution in [1.29, 1.82) is 0 Å². The molecule has 0 atom stereocenters. The molecule has 4 nitrogen and oxygen atoms in total. The van der Waals surface area contributed by atoms with Crippen molar-refractivity contribution in [2.24, 2.45) is 0 Å². The second-order valence-corrected chi connectivity index (χ2v) is 7.48. The van der Waals surface area contributed by atoms with Gasteiger partial charge in [-0.3, -0.25) is 9.69 Å². The molecule has 0 radical (unpaired) electrons. The largest absolute Gasteiger partial charge is 0.507 e. The summed E-state index contributed by atoms with van der Waals surface area (Å²) < 4.78 is 0.888. The van der Waals surface area contributed by atoms with E-state index in [4.69, 9.17) is 0 Å². The molecule has 0 spiro atoms. The summed E-state index contributed by atoms with van der Waals surface area (Å²) in [6.45, 7) is 6.29. The fourth-order valence-corrected chi connectivity index (χ4v) is 3.76. The highest BCUT2D eigenvalue weighted by atomic mass is 127. The summed E-state index contributed by atoms with van der Waals surface area (Å²) in [4.78, 5) is 13.8. The monoisotopic (exact) mass is 436 g/mol. The molecule has 0 aromatic heterocycles. The third-order valence-corrected chi connectivity index (χ3v) is 5.32. The van der Waals surface area contributed by atoms with Crippen molar-refractivity contribution in [3.8, 4) is 5.75 Å². The quantitative estimate of drug-likeness (QED) is 0.720. The van der Waals surface area contributed by atoms with Crippen LogP contribution in [0.25, 0.3) is 0 Å². The Morgan fingerprint density at radius 1 is 1.38 bits per heavy atom. The second kappa shape index (κ2) is 7.11. The molecule has 0 bridgehead atoms. The first-order valence-corrected chi connectivity index (χ1v) is 9.10. The minimum absolute atomic E-state index is 0.0277. The van der Waals surface area contributed by atoms with Gasteiger partial charge in [-0.25, -0.2) is 0 Å². The third kappa shape index (κ3) is 3.72. The molecular formula is C19H21IN2O2. The van der Waals surface area contributed by atoms with Gasteiger partial charge in [0.25, 0.3) is 0 Å². The van der Waals surface area contributed by atoms with Crippen LogP contribution in [0.2, 0.25) is 0 Å². The second-order valence-electron chi connectivity index (χ2n) is 6.32. The number of phenols is 1. The molecular weight excluding hydrogens is 415 g/mol. The number of carbonyl (C=O) groups is 1. The predicted molar refractivity (Wildman–Crippen MR) is 104 cm³/mol. The van der Waals surface area contributed by atoms with E-state index in [0.717, 1.165) is 40.9 Å². The van der Waals surface area contributed by atoms with Crippen molar-refractivity contribution < 1.29 is 9.90 Å². The number of nitrogens with zero attached hydrogens (tertiary/aromatic N) is 1. The van der Waals surface area contributed by atoms with Gasteiger partial charge < -0.3 is 10.4 Å². The third-order valence-electron chi connectivity index (χ3n) is 4.46. The van der Waals surface area contributed by atoms with Crippen molar-refractivity contribution in [3.63, 3.8) is 0 Å². The topological polar surface area (TPSA) is 52.6 Å². The summed E-state index contributed by atoms with van der Waals surface area (Å²) in [7, 11) is 0. The molecule has 1 aliphatic heterocycles. The molecule has 0 saturated heterocycles. The summed E-state index contributed by atoms with van der Waals surface area (Å²) in [6, 6.07) is 10.0. The maximum Gasteiger partial charge on any atom is 0.221 e. The Morgan fingerprint density at radius 2 is 2.17 bits per heavy atom. The van der Waals surface area contributed by atoms with Crippen LogP contribution in [-0.4, -0.2) is 22.5 Å². The minimum atomic E-state index is -0.0277. The van der Waals surface area contributed by atoms with Gasteiger partial charge in [0, 0.05) is 32.2 Å². The Hall–Kier alpha value is -1.60. The van der Waals surface area contributed by atoms with Crippen LogP contribution < -0.4 is 5.32 Å². The normalized spacial score (nSPS) is 14.3. The van der Waals surface area contributed by atoms with Gasteiger partial charge in [-0.05, 0) is 76.4 Å². The van der Waals surface area contributed by atoms with Gasteiger partial charge in [-0.15, -0.1) is 0 Å². The number of benzene rings is 2. The number of carbonyl (C=O) groups excluding carboxylic acids is 1. The lowest BCUT2D eigenvalue weighted by molar-refractivity contribution is -0.114. The van der Waals surface area contributed by atoms with Gasteiger partial charge in [0.15, 0.2) is 0 Å². The lowest BCUT2D eigenvalue weighted by Gasteiger charge is -2.30. The van der Waals surface area contributed by atoms with Crippen LogP contribution >= 0.6 is 22.6 Å². The molecule has 2 aromatic carbocycles. The average Bonchev–Trinajstić information content (AvgIpc) is 2.52. The molecule has 5 heteroatoms. The van der Waals surface area contributed by atoms with E-state index in [9.17, 15) is 9.90 Å². The van der Waals surface area contributed by atoms with Gasteiger partial charge in [-0.1, -0.05) is 12.1 Å². The van der Waals surface area contributed by atoms with Crippen molar-refractivity contribution in [2.45, 2.75) is 33.4 Å². The van der Waals surface area contributed by atoms with Crippen LogP contribution in [0.4, 0.5) is 5.69 Å². The molecule has 1 aliphatic rings. The number of hydrogen-bond donors (Lipinski definition) is 2.